The topological polar surface area (TPSA) is 47.6 Å². The molecule has 0 saturated carbocycles. The van der Waals surface area contributed by atoms with Gasteiger partial charge in [0, 0.05) is 5.69 Å². The van der Waals surface area contributed by atoms with Crippen LogP contribution in [0.15, 0.2) is 48.5 Å². The fourth-order valence-electron chi connectivity index (χ4n) is 1.95. The zero-order valence-corrected chi connectivity index (χ0v) is 12.5. The summed E-state index contributed by atoms with van der Waals surface area (Å²) in [7, 11) is 1.54. The minimum atomic E-state index is -0.665. The van der Waals surface area contributed by atoms with E-state index in [1.807, 2.05) is 19.1 Å². The van der Waals surface area contributed by atoms with Crippen molar-refractivity contribution in [1.29, 1.82) is 0 Å². The van der Waals surface area contributed by atoms with Gasteiger partial charge in [-0.1, -0.05) is 19.1 Å². The molecule has 1 atom stereocenters. The molecule has 0 aliphatic rings. The second kappa shape index (κ2) is 7.45. The highest BCUT2D eigenvalue weighted by molar-refractivity contribution is 5.94. The minimum Gasteiger partial charge on any atom is -0.493 e. The number of halogens is 1. The Balaban J connectivity index is 2.07. The molecule has 1 amide bonds. The van der Waals surface area contributed by atoms with E-state index in [2.05, 4.69) is 5.32 Å². The molecule has 0 bridgehead atoms. The summed E-state index contributed by atoms with van der Waals surface area (Å²) in [6.45, 7) is 1.85. The summed E-state index contributed by atoms with van der Waals surface area (Å²) >= 11 is 0. The summed E-state index contributed by atoms with van der Waals surface area (Å²) in [5.41, 5.74) is 0.522. The highest BCUT2D eigenvalue weighted by atomic mass is 19.1. The third kappa shape index (κ3) is 3.97. The summed E-state index contributed by atoms with van der Waals surface area (Å²) in [5.74, 6) is 0.428. The van der Waals surface area contributed by atoms with E-state index in [4.69, 9.17) is 9.47 Å². The van der Waals surface area contributed by atoms with Crippen molar-refractivity contribution >= 4 is 11.6 Å². The molecule has 0 heterocycles. The number of anilines is 1. The molecule has 0 spiro atoms. The Morgan fingerprint density at radius 1 is 1.14 bits per heavy atom. The van der Waals surface area contributed by atoms with Crippen LogP contribution in [0, 0.1) is 5.82 Å². The number of rotatable bonds is 6. The average Bonchev–Trinajstić information content (AvgIpc) is 2.55. The van der Waals surface area contributed by atoms with Gasteiger partial charge in [-0.15, -0.1) is 0 Å². The fourth-order valence-corrected chi connectivity index (χ4v) is 1.95. The van der Waals surface area contributed by atoms with Crippen molar-refractivity contribution in [2.75, 3.05) is 12.4 Å². The van der Waals surface area contributed by atoms with E-state index in [1.54, 1.807) is 19.2 Å². The van der Waals surface area contributed by atoms with Gasteiger partial charge in [0.25, 0.3) is 5.91 Å². The number of methoxy groups -OCH3 is 1. The Bertz CT molecular complexity index is 628. The number of amides is 1. The molecule has 2 aromatic carbocycles. The first-order chi connectivity index (χ1) is 10.6. The molecule has 2 rings (SSSR count). The van der Waals surface area contributed by atoms with E-state index in [0.717, 1.165) is 0 Å². The molecular formula is C17H18FNO3. The van der Waals surface area contributed by atoms with Crippen LogP contribution in [-0.2, 0) is 4.79 Å². The van der Waals surface area contributed by atoms with Crippen molar-refractivity contribution in [2.45, 2.75) is 19.4 Å². The molecule has 1 N–H and O–H groups in total. The van der Waals surface area contributed by atoms with Gasteiger partial charge in [-0.3, -0.25) is 4.79 Å². The normalized spacial score (nSPS) is 11.6. The molecule has 4 nitrogen and oxygen atoms in total. The monoisotopic (exact) mass is 303 g/mol. The van der Waals surface area contributed by atoms with Crippen molar-refractivity contribution in [2.24, 2.45) is 0 Å². The highest BCUT2D eigenvalue weighted by Gasteiger charge is 2.20. The van der Waals surface area contributed by atoms with Gasteiger partial charge in [0.1, 0.15) is 5.82 Å². The summed E-state index contributed by atoms with van der Waals surface area (Å²) in [4.78, 5) is 12.3. The summed E-state index contributed by atoms with van der Waals surface area (Å²) in [6.07, 6.45) is -0.174. The first-order valence-corrected chi connectivity index (χ1v) is 7.00. The molecule has 0 aromatic heterocycles. The second-order valence-electron chi connectivity index (χ2n) is 4.66. The van der Waals surface area contributed by atoms with Gasteiger partial charge in [0.05, 0.1) is 7.11 Å². The van der Waals surface area contributed by atoms with E-state index >= 15 is 0 Å². The van der Waals surface area contributed by atoms with E-state index in [0.29, 0.717) is 23.6 Å². The van der Waals surface area contributed by atoms with E-state index in [9.17, 15) is 9.18 Å². The van der Waals surface area contributed by atoms with E-state index in [1.165, 1.54) is 24.3 Å². The zero-order chi connectivity index (χ0) is 15.9. The van der Waals surface area contributed by atoms with E-state index < -0.39 is 6.10 Å². The maximum absolute atomic E-state index is 12.9. The first-order valence-electron chi connectivity index (χ1n) is 7.00. The average molecular weight is 303 g/mol. The molecule has 2 aromatic rings. The Labute approximate surface area is 128 Å². The molecule has 0 fully saturated rings. The summed E-state index contributed by atoms with van der Waals surface area (Å²) in [6, 6.07) is 12.7. The molecule has 0 saturated heterocycles. The standard InChI is InChI=1S/C17H18FNO3/c1-3-14(22-16-7-5-4-6-15(16)21-2)17(20)19-13-10-8-12(18)9-11-13/h4-11,14H,3H2,1-2H3,(H,19,20)/t14-/m0/s1. The quantitative estimate of drug-likeness (QED) is 0.886. The number of hydrogen-bond donors (Lipinski definition) is 1. The van der Waals surface area contributed by atoms with Gasteiger partial charge in [0.15, 0.2) is 17.6 Å². The molecule has 0 aliphatic heterocycles. The number of carbonyl (C=O) groups excluding carboxylic acids is 1. The van der Waals surface area contributed by atoms with Gasteiger partial charge < -0.3 is 14.8 Å². The maximum atomic E-state index is 12.9. The smallest absolute Gasteiger partial charge is 0.265 e. The van der Waals surface area contributed by atoms with Crippen molar-refractivity contribution < 1.29 is 18.7 Å². The number of ether oxygens (including phenoxy) is 2. The summed E-state index contributed by atoms with van der Waals surface area (Å²) < 4.78 is 23.8. The van der Waals surface area contributed by atoms with Crippen LogP contribution in [0.5, 0.6) is 11.5 Å². The Kier molecular flexibility index (Phi) is 5.36. The molecule has 22 heavy (non-hydrogen) atoms. The molecule has 116 valence electrons. The van der Waals surface area contributed by atoms with Crippen molar-refractivity contribution in [3.05, 3.63) is 54.3 Å². The molecule has 0 unspecified atom stereocenters. The predicted molar refractivity (Wildman–Crippen MR) is 82.7 cm³/mol. The maximum Gasteiger partial charge on any atom is 0.265 e. The largest absolute Gasteiger partial charge is 0.493 e. The zero-order valence-electron chi connectivity index (χ0n) is 12.5. The lowest BCUT2D eigenvalue weighted by molar-refractivity contribution is -0.122. The van der Waals surface area contributed by atoms with Crippen LogP contribution in [-0.4, -0.2) is 19.1 Å². The molecular weight excluding hydrogens is 285 g/mol. The van der Waals surface area contributed by atoms with Gasteiger partial charge in [-0.25, -0.2) is 4.39 Å². The third-order valence-corrected chi connectivity index (χ3v) is 3.11. The van der Waals surface area contributed by atoms with Crippen LogP contribution in [0.2, 0.25) is 0 Å². The number of para-hydroxylation sites is 2. The number of nitrogens with one attached hydrogen (secondary N) is 1. The number of benzene rings is 2. The van der Waals surface area contributed by atoms with Crippen LogP contribution < -0.4 is 14.8 Å². The SMILES string of the molecule is CC[C@H](Oc1ccccc1OC)C(=O)Nc1ccc(F)cc1. The fraction of sp³-hybridized carbons (Fsp3) is 0.235. The highest BCUT2D eigenvalue weighted by Crippen LogP contribution is 2.27. The van der Waals surface area contributed by atoms with Crippen LogP contribution in [0.3, 0.4) is 0 Å². The third-order valence-electron chi connectivity index (χ3n) is 3.11. The lowest BCUT2D eigenvalue weighted by Gasteiger charge is -2.18. The predicted octanol–water partition coefficient (Wildman–Crippen LogP) is 3.63. The lowest BCUT2D eigenvalue weighted by Crippen LogP contribution is -2.32. The van der Waals surface area contributed by atoms with Crippen LogP contribution in [0.25, 0.3) is 0 Å². The molecule has 5 heteroatoms. The molecule has 0 radical (unpaired) electrons. The van der Waals surface area contributed by atoms with Crippen LogP contribution >= 0.6 is 0 Å². The minimum absolute atomic E-state index is 0.292. The molecule has 0 aliphatic carbocycles. The Morgan fingerprint density at radius 3 is 2.36 bits per heavy atom. The van der Waals surface area contributed by atoms with Crippen molar-refractivity contribution in [1.82, 2.24) is 0 Å². The van der Waals surface area contributed by atoms with Gasteiger partial charge >= 0.3 is 0 Å². The first kappa shape index (κ1) is 15.8. The van der Waals surface area contributed by atoms with Gasteiger partial charge in [0.2, 0.25) is 0 Å². The van der Waals surface area contributed by atoms with E-state index in [-0.39, 0.29) is 11.7 Å². The summed E-state index contributed by atoms with van der Waals surface area (Å²) in [5, 5.41) is 2.71. The Morgan fingerprint density at radius 2 is 1.77 bits per heavy atom. The second-order valence-corrected chi connectivity index (χ2v) is 4.66. The van der Waals surface area contributed by atoms with Gasteiger partial charge in [-0.05, 0) is 42.8 Å². The van der Waals surface area contributed by atoms with Crippen LogP contribution in [0.4, 0.5) is 10.1 Å². The van der Waals surface area contributed by atoms with Crippen molar-refractivity contribution in [3.8, 4) is 11.5 Å². The van der Waals surface area contributed by atoms with Gasteiger partial charge in [-0.2, -0.15) is 0 Å². The lowest BCUT2D eigenvalue weighted by atomic mass is 10.2. The van der Waals surface area contributed by atoms with Crippen molar-refractivity contribution in [3.63, 3.8) is 0 Å². The Hall–Kier alpha value is -2.56. The number of carbonyl (C=O) groups is 1. The number of hydrogen-bond acceptors (Lipinski definition) is 3. The van der Waals surface area contributed by atoms with Crippen LogP contribution in [0.1, 0.15) is 13.3 Å².